The molecule has 0 spiro atoms. The summed E-state index contributed by atoms with van der Waals surface area (Å²) in [6, 6.07) is 12.7. The summed E-state index contributed by atoms with van der Waals surface area (Å²) >= 11 is 0. The average Bonchev–Trinajstić information content (AvgIpc) is 2.51. The molecular formula is C21H27NO3. The highest BCUT2D eigenvalue weighted by atomic mass is 16.6. The van der Waals surface area contributed by atoms with Crippen LogP contribution in [0.15, 0.2) is 42.5 Å². The van der Waals surface area contributed by atoms with Crippen LogP contribution in [-0.2, 0) is 17.4 Å². The van der Waals surface area contributed by atoms with Crippen molar-refractivity contribution in [2.75, 3.05) is 0 Å². The predicted octanol–water partition coefficient (Wildman–Crippen LogP) is 5.77. The van der Waals surface area contributed by atoms with Crippen LogP contribution in [-0.4, -0.2) is 4.92 Å². The second-order valence-corrected chi connectivity index (χ2v) is 8.39. The molecule has 0 aromatic heterocycles. The molecule has 0 unspecified atom stereocenters. The minimum Gasteiger partial charge on any atom is -0.489 e. The Kier molecular flexibility index (Phi) is 5.21. The van der Waals surface area contributed by atoms with Crippen LogP contribution in [0.1, 0.15) is 58.2 Å². The molecule has 2 aromatic rings. The molecule has 134 valence electrons. The molecule has 2 aromatic carbocycles. The van der Waals surface area contributed by atoms with Crippen molar-refractivity contribution < 1.29 is 9.66 Å². The maximum Gasteiger partial charge on any atom is 0.269 e. The molecule has 0 N–H and O–H groups in total. The van der Waals surface area contributed by atoms with Crippen LogP contribution in [0.5, 0.6) is 5.75 Å². The van der Waals surface area contributed by atoms with E-state index in [0.717, 1.165) is 11.3 Å². The molecular weight excluding hydrogens is 314 g/mol. The summed E-state index contributed by atoms with van der Waals surface area (Å²) in [5, 5.41) is 10.8. The van der Waals surface area contributed by atoms with Gasteiger partial charge in [-0.05, 0) is 40.2 Å². The molecule has 0 bridgehead atoms. The number of nitro groups is 1. The Labute approximate surface area is 150 Å². The van der Waals surface area contributed by atoms with Gasteiger partial charge in [0.25, 0.3) is 5.69 Å². The highest BCUT2D eigenvalue weighted by Gasteiger charge is 2.28. The monoisotopic (exact) mass is 341 g/mol. The van der Waals surface area contributed by atoms with Gasteiger partial charge in [-0.15, -0.1) is 0 Å². The Hall–Kier alpha value is -2.36. The number of nitro benzene ring substituents is 1. The molecule has 2 rings (SSSR count). The van der Waals surface area contributed by atoms with Crippen LogP contribution in [0, 0.1) is 10.1 Å². The molecule has 0 radical (unpaired) electrons. The minimum atomic E-state index is -0.394. The summed E-state index contributed by atoms with van der Waals surface area (Å²) in [7, 11) is 0. The molecule has 0 heterocycles. The zero-order chi connectivity index (χ0) is 18.8. The number of non-ortho nitro benzene ring substituents is 1. The van der Waals surface area contributed by atoms with Gasteiger partial charge in [0.15, 0.2) is 0 Å². The minimum absolute atomic E-state index is 0.0232. The van der Waals surface area contributed by atoms with E-state index < -0.39 is 4.92 Å². The van der Waals surface area contributed by atoms with Crippen LogP contribution >= 0.6 is 0 Å². The quantitative estimate of drug-likeness (QED) is 0.524. The lowest BCUT2D eigenvalue weighted by molar-refractivity contribution is -0.384. The normalized spacial score (nSPS) is 12.1. The molecule has 25 heavy (non-hydrogen) atoms. The molecule has 0 atom stereocenters. The lowest BCUT2D eigenvalue weighted by Crippen LogP contribution is -2.23. The average molecular weight is 341 g/mol. The fraction of sp³-hybridized carbons (Fsp3) is 0.429. The highest BCUT2D eigenvalue weighted by molar-refractivity contribution is 5.48. The zero-order valence-corrected chi connectivity index (χ0v) is 15.9. The first-order valence-electron chi connectivity index (χ1n) is 8.50. The van der Waals surface area contributed by atoms with E-state index in [0.29, 0.717) is 6.61 Å². The van der Waals surface area contributed by atoms with Gasteiger partial charge in [-0.3, -0.25) is 10.1 Å². The summed E-state index contributed by atoms with van der Waals surface area (Å²) < 4.78 is 6.12. The number of hydrogen-bond donors (Lipinski definition) is 0. The summed E-state index contributed by atoms with van der Waals surface area (Å²) in [6.45, 7) is 13.6. The lowest BCUT2D eigenvalue weighted by atomic mass is 9.75. The zero-order valence-electron chi connectivity index (χ0n) is 15.9. The molecule has 0 amide bonds. The standard InChI is InChI=1S/C21H27NO3/c1-20(2,3)17-8-7-9-18(19(17)21(4,5)6)25-14-15-10-12-16(13-11-15)22(23)24/h7-13H,14H2,1-6H3. The van der Waals surface area contributed by atoms with E-state index in [9.17, 15) is 10.1 Å². The molecule has 0 saturated carbocycles. The van der Waals surface area contributed by atoms with Crippen molar-refractivity contribution in [3.63, 3.8) is 0 Å². The Morgan fingerprint density at radius 2 is 1.52 bits per heavy atom. The van der Waals surface area contributed by atoms with Crippen molar-refractivity contribution in [1.29, 1.82) is 0 Å². The van der Waals surface area contributed by atoms with Gasteiger partial charge in [-0.2, -0.15) is 0 Å². The smallest absolute Gasteiger partial charge is 0.269 e. The topological polar surface area (TPSA) is 52.4 Å². The fourth-order valence-corrected chi connectivity index (χ4v) is 2.92. The predicted molar refractivity (Wildman–Crippen MR) is 101 cm³/mol. The summed E-state index contributed by atoms with van der Waals surface area (Å²) in [4.78, 5) is 10.4. The summed E-state index contributed by atoms with van der Waals surface area (Å²) in [5.41, 5.74) is 3.47. The molecule has 0 aliphatic carbocycles. The Morgan fingerprint density at radius 1 is 0.920 bits per heavy atom. The van der Waals surface area contributed by atoms with E-state index in [1.807, 2.05) is 12.1 Å². The largest absolute Gasteiger partial charge is 0.489 e. The van der Waals surface area contributed by atoms with Gasteiger partial charge in [0.1, 0.15) is 12.4 Å². The fourth-order valence-electron chi connectivity index (χ4n) is 2.92. The Morgan fingerprint density at radius 3 is 2.00 bits per heavy atom. The van der Waals surface area contributed by atoms with E-state index in [1.54, 1.807) is 12.1 Å². The number of benzene rings is 2. The SMILES string of the molecule is CC(C)(C)c1cccc(OCc2ccc([N+](=O)[O-])cc2)c1C(C)(C)C. The first kappa shape index (κ1) is 19.0. The van der Waals surface area contributed by atoms with E-state index in [4.69, 9.17) is 4.74 Å². The first-order valence-corrected chi connectivity index (χ1v) is 8.50. The maximum absolute atomic E-state index is 10.8. The van der Waals surface area contributed by atoms with Gasteiger partial charge in [-0.25, -0.2) is 0 Å². The molecule has 0 saturated heterocycles. The van der Waals surface area contributed by atoms with Crippen molar-refractivity contribution in [3.8, 4) is 5.75 Å². The van der Waals surface area contributed by atoms with Gasteiger partial charge >= 0.3 is 0 Å². The van der Waals surface area contributed by atoms with Crippen LogP contribution < -0.4 is 4.74 Å². The summed E-state index contributed by atoms with van der Waals surface area (Å²) in [5.74, 6) is 0.873. The van der Waals surface area contributed by atoms with Gasteiger partial charge in [0, 0.05) is 17.7 Å². The van der Waals surface area contributed by atoms with Gasteiger partial charge in [0.2, 0.25) is 0 Å². The Balaban J connectivity index is 2.32. The van der Waals surface area contributed by atoms with Gasteiger partial charge in [-0.1, -0.05) is 53.7 Å². The van der Waals surface area contributed by atoms with Crippen molar-refractivity contribution in [1.82, 2.24) is 0 Å². The van der Waals surface area contributed by atoms with Crippen molar-refractivity contribution >= 4 is 5.69 Å². The number of hydrogen-bond acceptors (Lipinski definition) is 3. The van der Waals surface area contributed by atoms with E-state index in [1.165, 1.54) is 23.3 Å². The van der Waals surface area contributed by atoms with Crippen molar-refractivity contribution in [2.45, 2.75) is 59.0 Å². The number of nitrogens with zero attached hydrogens (tertiary/aromatic N) is 1. The molecule has 4 nitrogen and oxygen atoms in total. The summed E-state index contributed by atoms with van der Waals surface area (Å²) in [6.07, 6.45) is 0. The first-order chi connectivity index (χ1) is 11.5. The van der Waals surface area contributed by atoms with Gasteiger partial charge < -0.3 is 4.74 Å². The van der Waals surface area contributed by atoms with E-state index >= 15 is 0 Å². The third-order valence-electron chi connectivity index (χ3n) is 4.13. The van der Waals surface area contributed by atoms with E-state index in [-0.39, 0.29) is 16.5 Å². The van der Waals surface area contributed by atoms with Gasteiger partial charge in [0.05, 0.1) is 4.92 Å². The third kappa shape index (κ3) is 4.59. The van der Waals surface area contributed by atoms with Crippen molar-refractivity contribution in [3.05, 3.63) is 69.3 Å². The second-order valence-electron chi connectivity index (χ2n) is 8.39. The number of ether oxygens (including phenoxy) is 1. The third-order valence-corrected chi connectivity index (χ3v) is 4.13. The lowest BCUT2D eigenvalue weighted by Gasteiger charge is -2.32. The highest BCUT2D eigenvalue weighted by Crippen LogP contribution is 2.40. The number of rotatable bonds is 4. The Bertz CT molecular complexity index is 750. The molecule has 0 fully saturated rings. The molecule has 0 aliphatic rings. The van der Waals surface area contributed by atoms with Crippen LogP contribution in [0.25, 0.3) is 0 Å². The molecule has 4 heteroatoms. The van der Waals surface area contributed by atoms with E-state index in [2.05, 4.69) is 47.6 Å². The van der Waals surface area contributed by atoms with Crippen LogP contribution in [0.3, 0.4) is 0 Å². The van der Waals surface area contributed by atoms with Crippen LogP contribution in [0.2, 0.25) is 0 Å². The maximum atomic E-state index is 10.8. The second kappa shape index (κ2) is 6.87. The van der Waals surface area contributed by atoms with Crippen molar-refractivity contribution in [2.24, 2.45) is 0 Å². The van der Waals surface area contributed by atoms with Crippen LogP contribution in [0.4, 0.5) is 5.69 Å². The molecule has 0 aliphatic heterocycles.